The summed E-state index contributed by atoms with van der Waals surface area (Å²) in [5.41, 5.74) is 5.72. The molecule has 10 nitrogen and oxygen atoms in total. The number of hydrogen-bond donors (Lipinski definition) is 3. The van der Waals surface area contributed by atoms with Gasteiger partial charge in [-0.2, -0.15) is 5.10 Å². The van der Waals surface area contributed by atoms with Crippen molar-refractivity contribution in [2.45, 2.75) is 13.8 Å². The fourth-order valence-corrected chi connectivity index (χ4v) is 3.92. The number of nitrogens with one attached hydrogen (secondary N) is 2. The largest absolute Gasteiger partial charge is 0.484 e. The molecule has 35 heavy (non-hydrogen) atoms. The fourth-order valence-electron chi connectivity index (χ4n) is 3.92. The summed E-state index contributed by atoms with van der Waals surface area (Å²) in [6.45, 7) is 3.57. The molecule has 0 radical (unpaired) electrons. The minimum atomic E-state index is -1.04. The van der Waals surface area contributed by atoms with E-state index in [0.717, 1.165) is 11.2 Å². The molecule has 0 aliphatic rings. The Kier molecular flexibility index (Phi) is 6.54. The van der Waals surface area contributed by atoms with Crippen LogP contribution in [0.2, 0.25) is 0 Å². The number of carbonyl (C=O) groups is 3. The predicted molar refractivity (Wildman–Crippen MR) is 130 cm³/mol. The number of esters is 1. The number of hydrazone groups is 1. The van der Waals surface area contributed by atoms with Gasteiger partial charge in [-0.05, 0) is 38.1 Å². The summed E-state index contributed by atoms with van der Waals surface area (Å²) in [7, 11) is 1.86. The molecule has 0 unspecified atom stereocenters. The van der Waals surface area contributed by atoms with Crippen LogP contribution in [0.5, 0.6) is 5.75 Å². The molecule has 0 spiro atoms. The highest BCUT2D eigenvalue weighted by molar-refractivity contribution is 6.08. The van der Waals surface area contributed by atoms with Crippen molar-refractivity contribution in [3.63, 3.8) is 0 Å². The van der Waals surface area contributed by atoms with Crippen molar-refractivity contribution in [3.05, 3.63) is 65.0 Å². The van der Waals surface area contributed by atoms with Gasteiger partial charge in [0.2, 0.25) is 0 Å². The lowest BCUT2D eigenvalue weighted by atomic mass is 10.1. The molecule has 2 aromatic heterocycles. The SMILES string of the molecule is CCOC(=O)c1c(C)n(C)c2ccc(OCC(=O)NN=Cc3c[nH]c4c(C(=O)O)cccc34)cc12. The first-order valence-corrected chi connectivity index (χ1v) is 10.9. The van der Waals surface area contributed by atoms with Crippen LogP contribution < -0.4 is 10.2 Å². The van der Waals surface area contributed by atoms with Crippen molar-refractivity contribution in [2.75, 3.05) is 13.2 Å². The van der Waals surface area contributed by atoms with E-state index < -0.39 is 17.8 Å². The smallest absolute Gasteiger partial charge is 0.340 e. The average Bonchev–Trinajstić information content (AvgIpc) is 3.36. The molecule has 0 saturated heterocycles. The average molecular weight is 476 g/mol. The maximum atomic E-state index is 12.4. The Morgan fingerprint density at radius 3 is 2.74 bits per heavy atom. The van der Waals surface area contributed by atoms with Gasteiger partial charge in [0.15, 0.2) is 6.61 Å². The highest BCUT2D eigenvalue weighted by atomic mass is 16.5. The summed E-state index contributed by atoms with van der Waals surface area (Å²) in [5, 5.41) is 14.6. The van der Waals surface area contributed by atoms with Gasteiger partial charge in [0.05, 0.1) is 29.5 Å². The van der Waals surface area contributed by atoms with Gasteiger partial charge in [-0.3, -0.25) is 4.79 Å². The van der Waals surface area contributed by atoms with Gasteiger partial charge in [0.25, 0.3) is 5.91 Å². The van der Waals surface area contributed by atoms with Crippen molar-refractivity contribution in [2.24, 2.45) is 12.1 Å². The quantitative estimate of drug-likeness (QED) is 0.203. The number of aromatic nitrogens is 2. The normalized spacial score (nSPS) is 11.3. The number of ether oxygens (including phenoxy) is 2. The van der Waals surface area contributed by atoms with E-state index in [-0.39, 0.29) is 18.8 Å². The molecule has 1 amide bonds. The molecule has 0 aliphatic carbocycles. The highest BCUT2D eigenvalue weighted by Gasteiger charge is 2.20. The van der Waals surface area contributed by atoms with E-state index in [0.29, 0.717) is 33.2 Å². The third-order valence-corrected chi connectivity index (χ3v) is 5.68. The molecule has 0 aliphatic heterocycles. The van der Waals surface area contributed by atoms with E-state index in [1.54, 1.807) is 37.4 Å². The standard InChI is InChI=1S/C25H24N4O6/c1-4-34-25(33)22-14(2)29(3)20-9-8-16(10-19(20)22)35-13-21(30)28-27-12-15-11-26-23-17(15)6-5-7-18(23)24(31)32/h5-12,26H,4,13H2,1-3H3,(H,28,30)(H,31,32). The second-order valence-corrected chi connectivity index (χ2v) is 7.78. The summed E-state index contributed by atoms with van der Waals surface area (Å²) < 4.78 is 12.7. The van der Waals surface area contributed by atoms with Crippen LogP contribution in [0.1, 0.15) is 38.9 Å². The lowest BCUT2D eigenvalue weighted by Crippen LogP contribution is -2.24. The topological polar surface area (TPSA) is 135 Å². The zero-order chi connectivity index (χ0) is 25.1. The van der Waals surface area contributed by atoms with E-state index in [1.807, 2.05) is 24.6 Å². The molecule has 0 atom stereocenters. The van der Waals surface area contributed by atoms with E-state index in [1.165, 1.54) is 12.3 Å². The van der Waals surface area contributed by atoms with Crippen molar-refractivity contribution in [3.8, 4) is 5.75 Å². The fraction of sp³-hybridized carbons (Fsp3) is 0.200. The Balaban J connectivity index is 1.43. The number of aryl methyl sites for hydroxylation is 1. The number of hydrogen-bond acceptors (Lipinski definition) is 6. The number of H-pyrrole nitrogens is 1. The monoisotopic (exact) mass is 476 g/mol. The number of carbonyl (C=O) groups excluding carboxylic acids is 2. The molecule has 2 heterocycles. The van der Waals surface area contributed by atoms with E-state index in [9.17, 15) is 19.5 Å². The summed E-state index contributed by atoms with van der Waals surface area (Å²) in [5.74, 6) is -1.51. The Morgan fingerprint density at radius 1 is 1.20 bits per heavy atom. The van der Waals surface area contributed by atoms with Gasteiger partial charge in [0.1, 0.15) is 5.75 Å². The Morgan fingerprint density at radius 2 is 2.00 bits per heavy atom. The number of aromatic amines is 1. The lowest BCUT2D eigenvalue weighted by molar-refractivity contribution is -0.123. The summed E-state index contributed by atoms with van der Waals surface area (Å²) in [4.78, 5) is 38.9. The molecule has 3 N–H and O–H groups in total. The first-order chi connectivity index (χ1) is 16.8. The number of carboxylic acids is 1. The van der Waals surface area contributed by atoms with Gasteiger partial charge in [-0.1, -0.05) is 12.1 Å². The van der Waals surface area contributed by atoms with Crippen LogP contribution in [-0.2, 0) is 16.6 Å². The first kappa shape index (κ1) is 23.6. The van der Waals surface area contributed by atoms with Crippen molar-refractivity contribution >= 4 is 45.9 Å². The molecule has 0 saturated carbocycles. The molecule has 0 fully saturated rings. The van der Waals surface area contributed by atoms with Gasteiger partial charge in [-0.25, -0.2) is 15.0 Å². The first-order valence-electron chi connectivity index (χ1n) is 10.9. The summed E-state index contributed by atoms with van der Waals surface area (Å²) in [6.07, 6.45) is 3.04. The van der Waals surface area contributed by atoms with Crippen molar-refractivity contribution in [1.29, 1.82) is 0 Å². The summed E-state index contributed by atoms with van der Waals surface area (Å²) in [6, 6.07) is 10.2. The molecular formula is C25H24N4O6. The maximum absolute atomic E-state index is 12.4. The van der Waals surface area contributed by atoms with E-state index >= 15 is 0 Å². The van der Waals surface area contributed by atoms with Gasteiger partial charge < -0.3 is 24.1 Å². The molecule has 2 aromatic carbocycles. The van der Waals surface area contributed by atoms with Crippen molar-refractivity contribution in [1.82, 2.24) is 15.0 Å². The number of benzene rings is 2. The predicted octanol–water partition coefficient (Wildman–Crippen LogP) is 3.37. The number of aromatic carboxylic acids is 1. The third-order valence-electron chi connectivity index (χ3n) is 5.68. The minimum Gasteiger partial charge on any atom is -0.484 e. The van der Waals surface area contributed by atoms with Gasteiger partial charge in [0, 0.05) is 40.8 Å². The zero-order valence-corrected chi connectivity index (χ0v) is 19.4. The Labute approximate surface area is 200 Å². The second kappa shape index (κ2) is 9.72. The molecule has 10 heteroatoms. The zero-order valence-electron chi connectivity index (χ0n) is 19.4. The van der Waals surface area contributed by atoms with Crippen LogP contribution in [0.25, 0.3) is 21.8 Å². The van der Waals surface area contributed by atoms with E-state index in [2.05, 4.69) is 15.5 Å². The maximum Gasteiger partial charge on any atom is 0.340 e. The van der Waals surface area contributed by atoms with Crippen LogP contribution in [-0.4, -0.2) is 51.9 Å². The Bertz CT molecular complexity index is 1480. The Hall–Kier alpha value is -4.60. The van der Waals surface area contributed by atoms with E-state index in [4.69, 9.17) is 9.47 Å². The molecular weight excluding hydrogens is 452 g/mol. The number of carboxylic acid groups (broad SMARTS) is 1. The van der Waals surface area contributed by atoms with Gasteiger partial charge >= 0.3 is 11.9 Å². The number of rotatable bonds is 8. The van der Waals surface area contributed by atoms with Crippen molar-refractivity contribution < 1.29 is 29.0 Å². The van der Waals surface area contributed by atoms with Crippen LogP contribution >= 0.6 is 0 Å². The number of para-hydroxylation sites is 1. The van der Waals surface area contributed by atoms with Crippen LogP contribution in [0.4, 0.5) is 0 Å². The van der Waals surface area contributed by atoms with Crippen LogP contribution in [0.3, 0.4) is 0 Å². The summed E-state index contributed by atoms with van der Waals surface area (Å²) >= 11 is 0. The van der Waals surface area contributed by atoms with Crippen LogP contribution in [0.15, 0.2) is 47.7 Å². The van der Waals surface area contributed by atoms with Crippen LogP contribution in [0, 0.1) is 6.92 Å². The number of amides is 1. The number of fused-ring (bicyclic) bond motifs is 2. The highest BCUT2D eigenvalue weighted by Crippen LogP contribution is 2.29. The molecule has 180 valence electrons. The molecule has 0 bridgehead atoms. The van der Waals surface area contributed by atoms with Gasteiger partial charge in [-0.15, -0.1) is 0 Å². The number of nitrogens with zero attached hydrogens (tertiary/aromatic N) is 2. The molecule has 4 aromatic rings. The second-order valence-electron chi connectivity index (χ2n) is 7.78. The minimum absolute atomic E-state index is 0.149. The third kappa shape index (κ3) is 4.58. The lowest BCUT2D eigenvalue weighted by Gasteiger charge is -2.06. The molecule has 4 rings (SSSR count).